The molecule has 6 N–H and O–H groups in total. The number of hydrogen-bond donors (Lipinski definition) is 5. The molecule has 10 aromatic rings. The highest BCUT2D eigenvalue weighted by Crippen LogP contribution is 2.44. The maximum atomic E-state index is 11.5. The molecule has 3 saturated carbocycles. The molecule has 4 aliphatic heterocycles. The number of aliphatic hydroxyl groups is 3. The summed E-state index contributed by atoms with van der Waals surface area (Å²) in [5.74, 6) is 1.80. The number of nitrogens with zero attached hydrogens (tertiary/aromatic N) is 2. The van der Waals surface area contributed by atoms with Crippen LogP contribution in [0.1, 0.15) is 157 Å². The summed E-state index contributed by atoms with van der Waals surface area (Å²) in [5.41, 5.74) is 11.9. The number of ketones is 1. The molecule has 0 spiro atoms. The van der Waals surface area contributed by atoms with Crippen molar-refractivity contribution >= 4 is 145 Å². The molecule has 562 valence electrons. The minimum atomic E-state index is -3.33. The van der Waals surface area contributed by atoms with Crippen LogP contribution in [0.25, 0.3) is 53.9 Å². The van der Waals surface area contributed by atoms with E-state index in [1.54, 1.807) is 19.1 Å². The van der Waals surface area contributed by atoms with Gasteiger partial charge in [-0.3, -0.25) is 8.98 Å². The summed E-state index contributed by atoms with van der Waals surface area (Å²) in [6.07, 6.45) is 27.2. The number of aliphatic hydroxyl groups excluding tert-OH is 3. The van der Waals surface area contributed by atoms with E-state index >= 15 is 0 Å². The molecule has 12 nitrogen and oxygen atoms in total. The van der Waals surface area contributed by atoms with E-state index < -0.39 is 10.1 Å². The molecule has 10 aromatic carbocycles. The third kappa shape index (κ3) is 23.4. The second-order valence-corrected chi connectivity index (χ2v) is 35.2. The predicted octanol–water partition coefficient (Wildman–Crippen LogP) is 22.0. The molecule has 4 heterocycles. The van der Waals surface area contributed by atoms with E-state index in [1.807, 2.05) is 36.4 Å². The van der Waals surface area contributed by atoms with Gasteiger partial charge in [0.15, 0.2) is 5.78 Å². The van der Waals surface area contributed by atoms with Crippen molar-refractivity contribution < 1.29 is 42.6 Å². The summed E-state index contributed by atoms with van der Waals surface area (Å²) in [4.78, 5) is 16.7. The molecule has 0 radical (unpaired) electrons. The average molecular weight is 1710 g/mol. The Balaban J connectivity index is 0.000000127. The van der Waals surface area contributed by atoms with Gasteiger partial charge in [0.05, 0.1) is 37.4 Å². The van der Waals surface area contributed by atoms with Gasteiger partial charge in [0, 0.05) is 65.0 Å². The van der Waals surface area contributed by atoms with Crippen LogP contribution in [-0.4, -0.2) is 103 Å². The molecule has 0 atom stereocenters. The van der Waals surface area contributed by atoms with E-state index in [1.165, 1.54) is 131 Å². The Morgan fingerprint density at radius 1 is 0.462 bits per heavy atom. The van der Waals surface area contributed by atoms with Gasteiger partial charge in [-0.1, -0.05) is 161 Å². The number of ether oxygens (including phenoxy) is 1. The Labute approximate surface area is 660 Å². The molecule has 3 aliphatic carbocycles. The van der Waals surface area contributed by atoms with Crippen LogP contribution in [0.2, 0.25) is 0 Å². The van der Waals surface area contributed by atoms with Crippen LogP contribution in [0.5, 0.6) is 5.75 Å². The quantitative estimate of drug-likeness (QED) is 0.0338. The first-order chi connectivity index (χ1) is 51.1. The SMILES string of the molecule is Brc1ccc2cc(N3C4CCC3CC4)ccc2c1.C=COCCO.CC(=O)c1ccc2cc(N3C4CCC3CC4)ccc2c1.CS(=O)(=O)OC1CCC(Cc2ccc3cc(Br)ccc3c2)CC1.NC1CCC(O)CC1.OC1CCC(Cc2ccc3cc(Br)ccc3c2)CC1.Oc1ccc2cc(Br)ccc2c1. The minimum Gasteiger partial charge on any atom is -0.508 e. The van der Waals surface area contributed by atoms with E-state index in [0.717, 1.165) is 153 Å². The van der Waals surface area contributed by atoms with Crippen LogP contribution in [0, 0.1) is 11.8 Å². The van der Waals surface area contributed by atoms with Crippen molar-refractivity contribution in [3.05, 3.63) is 229 Å². The maximum absolute atomic E-state index is 11.5. The number of carbonyl (C=O) groups excluding carboxylic acids is 1. The van der Waals surface area contributed by atoms with Gasteiger partial charge >= 0.3 is 0 Å². The lowest BCUT2D eigenvalue weighted by molar-refractivity contribution is 0.101. The van der Waals surface area contributed by atoms with E-state index in [9.17, 15) is 23.4 Å². The number of aromatic hydroxyl groups is 1. The largest absolute Gasteiger partial charge is 0.508 e. The molecule has 4 saturated heterocycles. The number of phenols is 1. The van der Waals surface area contributed by atoms with Crippen molar-refractivity contribution in [1.29, 1.82) is 0 Å². The standard InChI is InChI=1S/C18H21BrO3S.C18H19NO.C17H19BrO.C16H16BrN.C10H7BrO.C6H13NO.C4H8O2/c1-23(20,21)22-18-8-3-13(4-9-18)10-14-2-5-16-12-17(19)7-6-15(16)11-14;1-12(20)13-2-3-15-11-18(5-4-14(15)10-13)19-16-6-7-17(19)9-8-16;18-16-6-5-14-10-13(1-4-15(14)11-16)9-12-2-7-17(19)8-3-12;17-13-3-1-12-10-16(4-2-11(12)9-13)18-14-5-6-15(18)8-7-14;11-9-3-1-8-6-10(12)4-2-7(8)5-9;7-5-1-3-6(8)4-2-5;1-2-6-4-3-5/h2,5-7,11-13,18H,3-4,8-10H2,1H3;2-5,10-11,16-17H,6-9H2,1H3;1,4-6,10-12,17,19H,2-3,7-9H2;1-4,9-10,14-15H,5-8H2;1-6,12H;5-6,8H,1-4,7H2;2,5H,1,3-4H2. The van der Waals surface area contributed by atoms with Crippen LogP contribution in [0.15, 0.2) is 213 Å². The lowest BCUT2D eigenvalue weighted by atomic mass is 9.83. The average Bonchev–Trinajstić information content (AvgIpc) is 1.72. The lowest BCUT2D eigenvalue weighted by Gasteiger charge is -2.27. The zero-order valence-electron chi connectivity index (χ0n) is 61.1. The van der Waals surface area contributed by atoms with Crippen LogP contribution in [0.4, 0.5) is 11.4 Å². The monoisotopic (exact) mass is 1710 g/mol. The Bertz CT molecular complexity index is 4600. The van der Waals surface area contributed by atoms with Gasteiger partial charge in [-0.05, 0) is 316 Å². The Morgan fingerprint density at radius 2 is 0.802 bits per heavy atom. The molecule has 17 rings (SSSR count). The molecular formula is C89H103Br4N3O9S. The van der Waals surface area contributed by atoms with Gasteiger partial charge < -0.3 is 40.7 Å². The van der Waals surface area contributed by atoms with E-state index in [4.69, 9.17) is 20.1 Å². The number of fused-ring (bicyclic) bond motifs is 9. The highest BCUT2D eigenvalue weighted by molar-refractivity contribution is 9.11. The number of nitrogens with two attached hydrogens (primary N) is 1. The van der Waals surface area contributed by atoms with Crippen molar-refractivity contribution in [2.45, 2.75) is 197 Å². The van der Waals surface area contributed by atoms with Gasteiger partial charge in [0.1, 0.15) is 12.4 Å². The Kier molecular flexibility index (Phi) is 29.7. The number of halogens is 4. The molecular weight excluding hydrogens is 1610 g/mol. The van der Waals surface area contributed by atoms with Crippen molar-refractivity contribution in [1.82, 2.24) is 0 Å². The molecule has 4 bridgehead atoms. The second-order valence-electron chi connectivity index (χ2n) is 29.9. The van der Waals surface area contributed by atoms with Gasteiger partial charge in [0.2, 0.25) is 0 Å². The van der Waals surface area contributed by atoms with E-state index in [0.29, 0.717) is 24.3 Å². The predicted molar refractivity (Wildman–Crippen MR) is 452 cm³/mol. The third-order valence-electron chi connectivity index (χ3n) is 22.1. The fourth-order valence-corrected chi connectivity index (χ4v) is 18.8. The second kappa shape index (κ2) is 38.9. The number of benzene rings is 10. The first-order valence-electron chi connectivity index (χ1n) is 38.0. The fourth-order valence-electron chi connectivity index (χ4n) is 16.6. The first kappa shape index (κ1) is 80.8. The van der Waals surface area contributed by atoms with Gasteiger partial charge in [-0.25, -0.2) is 0 Å². The molecule has 0 aromatic heterocycles. The van der Waals surface area contributed by atoms with Crippen LogP contribution in [0.3, 0.4) is 0 Å². The van der Waals surface area contributed by atoms with E-state index in [-0.39, 0.29) is 30.7 Å². The van der Waals surface area contributed by atoms with Gasteiger partial charge in [-0.2, -0.15) is 8.42 Å². The number of rotatable bonds is 12. The topological polar surface area (TPSA) is 183 Å². The number of carbonyl (C=O) groups is 1. The third-order valence-corrected chi connectivity index (χ3v) is 24.7. The van der Waals surface area contributed by atoms with Crippen LogP contribution >= 0.6 is 63.7 Å². The normalized spacial score (nSPS) is 22.8. The maximum Gasteiger partial charge on any atom is 0.264 e. The summed E-state index contributed by atoms with van der Waals surface area (Å²) in [6, 6.07) is 67.1. The zero-order chi connectivity index (χ0) is 74.9. The summed E-state index contributed by atoms with van der Waals surface area (Å²) >= 11 is 13.9. The van der Waals surface area contributed by atoms with Gasteiger partial charge in [0.25, 0.3) is 10.1 Å². The number of phenolic OH excluding ortho intramolecular Hbond substituents is 1. The van der Waals surface area contributed by atoms with Crippen molar-refractivity contribution in [2.75, 3.05) is 29.3 Å². The van der Waals surface area contributed by atoms with Crippen LogP contribution in [-0.2, 0) is 31.9 Å². The molecule has 0 amide bonds. The smallest absolute Gasteiger partial charge is 0.264 e. The first-order valence-corrected chi connectivity index (χ1v) is 43.0. The van der Waals surface area contributed by atoms with Crippen LogP contribution < -0.4 is 15.5 Å². The number of hydrogen-bond acceptors (Lipinski definition) is 12. The van der Waals surface area contributed by atoms with Crippen molar-refractivity contribution in [2.24, 2.45) is 17.6 Å². The Morgan fingerprint density at radius 3 is 1.18 bits per heavy atom. The number of Topliss-reactive ketones (excluding diaryl/α,β-unsaturated/α-hetero) is 1. The molecule has 0 unspecified atom stereocenters. The molecule has 7 fully saturated rings. The summed E-state index contributed by atoms with van der Waals surface area (Å²) in [7, 11) is -3.33. The highest BCUT2D eigenvalue weighted by atomic mass is 79.9. The summed E-state index contributed by atoms with van der Waals surface area (Å²) < 4.78 is 36.4. The summed E-state index contributed by atoms with van der Waals surface area (Å²) in [5, 5.41) is 48.1. The molecule has 17 heteroatoms. The Hall–Kier alpha value is -6.22. The van der Waals surface area contributed by atoms with Crippen molar-refractivity contribution in [3.8, 4) is 5.75 Å². The minimum absolute atomic E-state index is 0.0507. The summed E-state index contributed by atoms with van der Waals surface area (Å²) in [6.45, 7) is 5.30. The van der Waals surface area contributed by atoms with E-state index in [2.05, 4.69) is 218 Å². The zero-order valence-corrected chi connectivity index (χ0v) is 68.2. The molecule has 106 heavy (non-hydrogen) atoms. The fraction of sp³-hybridized carbons (Fsp3) is 0.404. The van der Waals surface area contributed by atoms with Gasteiger partial charge in [-0.15, -0.1) is 0 Å². The lowest BCUT2D eigenvalue weighted by Crippen LogP contribution is -2.28. The van der Waals surface area contributed by atoms with Crippen molar-refractivity contribution in [3.63, 3.8) is 0 Å². The highest BCUT2D eigenvalue weighted by Gasteiger charge is 2.40. The molecule has 7 aliphatic rings. The number of anilines is 2.